The first kappa shape index (κ1) is 9.64. The Balaban J connectivity index is 3.10. The molecule has 4 nitrogen and oxygen atoms in total. The zero-order valence-corrected chi connectivity index (χ0v) is 8.03. The van der Waals surface area contributed by atoms with Crippen molar-refractivity contribution in [1.82, 2.24) is 0 Å². The van der Waals surface area contributed by atoms with Crippen molar-refractivity contribution >= 4 is 11.5 Å². The molecule has 0 fully saturated rings. The second-order valence-corrected chi connectivity index (χ2v) is 2.79. The molecule has 0 unspecified atom stereocenters. The van der Waals surface area contributed by atoms with Crippen LogP contribution in [0, 0.1) is 5.21 Å². The van der Waals surface area contributed by atoms with Gasteiger partial charge in [0.05, 0.1) is 19.3 Å². The highest BCUT2D eigenvalue weighted by Crippen LogP contribution is 2.16. The molecule has 1 rings (SSSR count). The normalized spacial score (nSPS) is 10.0. The molecule has 1 aromatic heterocycles. The van der Waals surface area contributed by atoms with E-state index in [9.17, 15) is 5.21 Å². The lowest BCUT2D eigenvalue weighted by Crippen LogP contribution is -2.38. The van der Waals surface area contributed by atoms with E-state index in [1.807, 2.05) is 18.7 Å². The second-order valence-electron chi connectivity index (χ2n) is 2.79. The predicted molar refractivity (Wildman–Crippen MR) is 53.4 cm³/mol. The van der Waals surface area contributed by atoms with Crippen LogP contribution in [0.3, 0.4) is 0 Å². The van der Waals surface area contributed by atoms with Crippen molar-refractivity contribution in [2.45, 2.75) is 13.8 Å². The van der Waals surface area contributed by atoms with Gasteiger partial charge in [-0.15, -0.1) is 0 Å². The van der Waals surface area contributed by atoms with Crippen LogP contribution in [-0.4, -0.2) is 13.1 Å². The minimum Gasteiger partial charge on any atom is -0.711 e. The number of nitrogens with zero attached hydrogens (tertiary/aromatic N) is 2. The van der Waals surface area contributed by atoms with E-state index >= 15 is 0 Å². The van der Waals surface area contributed by atoms with E-state index in [-0.39, 0.29) is 0 Å². The Bertz CT molecular complexity index is 264. The predicted octanol–water partition coefficient (Wildman–Crippen LogP) is 0.748. The molecule has 2 N–H and O–H groups in total. The van der Waals surface area contributed by atoms with Crippen LogP contribution in [-0.2, 0) is 0 Å². The molecule has 0 aromatic carbocycles. The first-order chi connectivity index (χ1) is 6.20. The Morgan fingerprint density at radius 3 is 2.54 bits per heavy atom. The molecule has 72 valence electrons. The van der Waals surface area contributed by atoms with Gasteiger partial charge >= 0.3 is 5.82 Å². The fraction of sp³-hybridized carbons (Fsp3) is 0.444. The van der Waals surface area contributed by atoms with Gasteiger partial charge in [-0.1, -0.05) is 0 Å². The van der Waals surface area contributed by atoms with Gasteiger partial charge < -0.3 is 10.9 Å². The van der Waals surface area contributed by atoms with Gasteiger partial charge in [0, 0.05) is 0 Å². The zero-order valence-electron chi connectivity index (χ0n) is 8.03. The molecule has 1 heterocycles. The molecule has 0 amide bonds. The van der Waals surface area contributed by atoms with Gasteiger partial charge in [-0.3, -0.25) is 4.90 Å². The van der Waals surface area contributed by atoms with Crippen LogP contribution in [0.5, 0.6) is 0 Å². The van der Waals surface area contributed by atoms with Crippen molar-refractivity contribution in [3.63, 3.8) is 0 Å². The summed E-state index contributed by atoms with van der Waals surface area (Å²) >= 11 is 0. The van der Waals surface area contributed by atoms with Gasteiger partial charge in [0.1, 0.15) is 5.69 Å². The maximum Gasteiger partial charge on any atom is 0.303 e. The summed E-state index contributed by atoms with van der Waals surface area (Å²) in [6.07, 6.45) is 1.46. The van der Waals surface area contributed by atoms with Gasteiger partial charge in [0.25, 0.3) is 0 Å². The van der Waals surface area contributed by atoms with Crippen molar-refractivity contribution in [2.24, 2.45) is 0 Å². The van der Waals surface area contributed by atoms with Crippen molar-refractivity contribution in [3.8, 4) is 0 Å². The third-order valence-corrected chi connectivity index (χ3v) is 2.03. The lowest BCUT2D eigenvalue weighted by atomic mass is 10.3. The van der Waals surface area contributed by atoms with E-state index in [1.165, 1.54) is 6.20 Å². The minimum atomic E-state index is 0.529. The van der Waals surface area contributed by atoms with Crippen molar-refractivity contribution in [3.05, 3.63) is 23.5 Å². The first-order valence-corrected chi connectivity index (χ1v) is 4.43. The number of nitrogen functional groups attached to an aromatic ring is 1. The standard InChI is InChI=1S/C9H15N3O/c1-3-11(4-2)9-8(10)6-5-7-12(9)13/h5-7H,3-4,10H2,1-2H3. The summed E-state index contributed by atoms with van der Waals surface area (Å²) in [5, 5.41) is 11.4. The van der Waals surface area contributed by atoms with E-state index in [2.05, 4.69) is 0 Å². The van der Waals surface area contributed by atoms with E-state index in [4.69, 9.17) is 5.73 Å². The molecule has 0 bridgehead atoms. The summed E-state index contributed by atoms with van der Waals surface area (Å²) < 4.78 is 0.808. The van der Waals surface area contributed by atoms with Crippen LogP contribution >= 0.6 is 0 Å². The number of aromatic nitrogens is 1. The fourth-order valence-electron chi connectivity index (χ4n) is 1.34. The maximum atomic E-state index is 11.4. The molecule has 0 aliphatic heterocycles. The van der Waals surface area contributed by atoms with Gasteiger partial charge in [0.15, 0.2) is 0 Å². The highest BCUT2D eigenvalue weighted by Gasteiger charge is 2.15. The SMILES string of the molecule is CCN(CC)c1c(N)ccc[n+]1[O-]. The summed E-state index contributed by atoms with van der Waals surface area (Å²) in [5.74, 6) is 0.549. The largest absolute Gasteiger partial charge is 0.711 e. The van der Waals surface area contributed by atoms with Crippen LogP contribution in [0.25, 0.3) is 0 Å². The molecular formula is C9H15N3O. The molecule has 0 atom stereocenters. The average molecular weight is 181 g/mol. The number of hydrogen-bond donors (Lipinski definition) is 1. The van der Waals surface area contributed by atoms with E-state index < -0.39 is 0 Å². The molecule has 13 heavy (non-hydrogen) atoms. The Morgan fingerprint density at radius 1 is 1.46 bits per heavy atom. The monoisotopic (exact) mass is 181 g/mol. The fourth-order valence-corrected chi connectivity index (χ4v) is 1.34. The number of pyridine rings is 1. The molecule has 0 aliphatic rings. The van der Waals surface area contributed by atoms with Crippen LogP contribution in [0.15, 0.2) is 18.3 Å². The molecule has 0 saturated heterocycles. The van der Waals surface area contributed by atoms with Crippen LogP contribution < -0.4 is 15.4 Å². The Morgan fingerprint density at radius 2 is 2.08 bits per heavy atom. The molecule has 0 spiro atoms. The average Bonchev–Trinajstić information content (AvgIpc) is 2.11. The van der Waals surface area contributed by atoms with Crippen molar-refractivity contribution < 1.29 is 4.73 Å². The molecule has 0 aliphatic carbocycles. The smallest absolute Gasteiger partial charge is 0.303 e. The molecule has 0 radical (unpaired) electrons. The number of rotatable bonds is 3. The topological polar surface area (TPSA) is 56.2 Å². The first-order valence-electron chi connectivity index (χ1n) is 4.43. The summed E-state index contributed by atoms with van der Waals surface area (Å²) in [7, 11) is 0. The quantitative estimate of drug-likeness (QED) is 0.553. The highest BCUT2D eigenvalue weighted by molar-refractivity contribution is 5.58. The second kappa shape index (κ2) is 3.98. The molecule has 4 heteroatoms. The van der Waals surface area contributed by atoms with Crippen LogP contribution in [0.2, 0.25) is 0 Å². The highest BCUT2D eigenvalue weighted by atomic mass is 16.5. The number of nitrogens with two attached hydrogens (primary N) is 1. The molecule has 0 saturated carbocycles. The van der Waals surface area contributed by atoms with Crippen LogP contribution in [0.4, 0.5) is 11.5 Å². The summed E-state index contributed by atoms with van der Waals surface area (Å²) in [6.45, 7) is 5.56. The zero-order chi connectivity index (χ0) is 9.84. The Labute approximate surface area is 78.2 Å². The summed E-state index contributed by atoms with van der Waals surface area (Å²) in [5.41, 5.74) is 6.24. The van der Waals surface area contributed by atoms with Crippen molar-refractivity contribution in [1.29, 1.82) is 0 Å². The van der Waals surface area contributed by atoms with Crippen molar-refractivity contribution in [2.75, 3.05) is 23.7 Å². The van der Waals surface area contributed by atoms with Gasteiger partial charge in [-0.25, -0.2) is 4.73 Å². The number of anilines is 2. The number of hydrogen-bond acceptors (Lipinski definition) is 3. The minimum absolute atomic E-state index is 0.529. The van der Waals surface area contributed by atoms with E-state index in [1.54, 1.807) is 12.1 Å². The van der Waals surface area contributed by atoms with E-state index in [0.717, 1.165) is 17.8 Å². The molecular weight excluding hydrogens is 166 g/mol. The Hall–Kier alpha value is -1.45. The third kappa shape index (κ3) is 1.83. The molecule has 1 aromatic rings. The summed E-state index contributed by atoms with van der Waals surface area (Å²) in [6, 6.07) is 3.39. The Kier molecular flexibility index (Phi) is 2.95. The third-order valence-electron chi connectivity index (χ3n) is 2.03. The maximum absolute atomic E-state index is 11.4. The van der Waals surface area contributed by atoms with Gasteiger partial charge in [-0.05, 0) is 26.0 Å². The lowest BCUT2D eigenvalue weighted by Gasteiger charge is -2.18. The van der Waals surface area contributed by atoms with Gasteiger partial charge in [0.2, 0.25) is 0 Å². The van der Waals surface area contributed by atoms with E-state index in [0.29, 0.717) is 11.5 Å². The lowest BCUT2D eigenvalue weighted by molar-refractivity contribution is -0.591. The summed E-state index contributed by atoms with van der Waals surface area (Å²) in [4.78, 5) is 1.93. The van der Waals surface area contributed by atoms with Crippen LogP contribution in [0.1, 0.15) is 13.8 Å². The van der Waals surface area contributed by atoms with Gasteiger partial charge in [-0.2, -0.15) is 0 Å².